The molecular weight excluding hydrogens is 592 g/mol. The maximum Gasteiger partial charge on any atom is 0.260 e. The highest BCUT2D eigenvalue weighted by Crippen LogP contribution is 2.40. The SMILES string of the molecule is COc1ccc(CNc2nc3cc(CN(C(=O)c4ccc(C#N)nc4)c4ccc(C5CC5)nc4C)ccc3c3c2COC3)c(OC)c1. The van der Waals surface area contributed by atoms with Crippen LogP contribution in [0, 0.1) is 18.3 Å². The number of rotatable bonds is 10. The number of hydrogen-bond acceptors (Lipinski definition) is 9. The largest absolute Gasteiger partial charge is 0.497 e. The van der Waals surface area contributed by atoms with Crippen molar-refractivity contribution in [3.63, 3.8) is 0 Å². The van der Waals surface area contributed by atoms with Gasteiger partial charge in [-0.1, -0.05) is 12.1 Å². The summed E-state index contributed by atoms with van der Waals surface area (Å²) in [5.41, 5.74) is 8.08. The van der Waals surface area contributed by atoms with Crippen LogP contribution in [0.25, 0.3) is 10.9 Å². The number of nitrogens with one attached hydrogen (secondary N) is 1. The Morgan fingerprint density at radius 3 is 2.60 bits per heavy atom. The maximum atomic E-state index is 14.0. The number of methoxy groups -OCH3 is 2. The summed E-state index contributed by atoms with van der Waals surface area (Å²) >= 11 is 0. The number of nitrogens with zero attached hydrogens (tertiary/aromatic N) is 5. The number of nitriles is 1. The molecule has 0 saturated heterocycles. The number of fused-ring (bicyclic) bond motifs is 3. The number of benzene rings is 2. The molecule has 2 aliphatic rings. The average Bonchev–Trinajstić information content (AvgIpc) is 3.84. The van der Waals surface area contributed by atoms with Crippen molar-refractivity contribution in [1.82, 2.24) is 15.0 Å². The standard InChI is InChI=1S/C37H34N6O4/c1-22-34(13-12-32(41-22)24-5-6-24)43(37(44)26-7-9-27(16-38)39-18-26)19-23-4-11-29-30-20-47-21-31(30)36(42-33(29)14-23)40-17-25-8-10-28(45-2)15-35(25)46-3/h4,7-15,18,24H,5-6,17,19-21H2,1-3H3,(H,40,42). The zero-order valence-corrected chi connectivity index (χ0v) is 26.5. The molecule has 0 unspecified atom stereocenters. The van der Waals surface area contributed by atoms with Gasteiger partial charge in [-0.15, -0.1) is 0 Å². The summed E-state index contributed by atoms with van der Waals surface area (Å²) in [6.45, 7) is 3.72. The zero-order chi connectivity index (χ0) is 32.5. The molecule has 1 N–H and O–H groups in total. The Morgan fingerprint density at radius 1 is 1.02 bits per heavy atom. The monoisotopic (exact) mass is 626 g/mol. The Balaban J connectivity index is 1.23. The molecular formula is C37H34N6O4. The number of ether oxygens (including phenoxy) is 3. The Bertz CT molecular complexity index is 2030. The van der Waals surface area contributed by atoms with Crippen LogP contribution in [0.2, 0.25) is 0 Å². The Kier molecular flexibility index (Phi) is 8.14. The molecule has 7 rings (SSSR count). The molecule has 0 radical (unpaired) electrons. The van der Waals surface area contributed by atoms with Gasteiger partial charge >= 0.3 is 0 Å². The highest BCUT2D eigenvalue weighted by atomic mass is 16.5. The molecule has 1 amide bonds. The first-order chi connectivity index (χ1) is 22.9. The maximum absolute atomic E-state index is 14.0. The summed E-state index contributed by atoms with van der Waals surface area (Å²) < 4.78 is 16.8. The number of carbonyl (C=O) groups excluding carboxylic acids is 1. The number of amides is 1. The van der Waals surface area contributed by atoms with E-state index >= 15 is 0 Å². The van der Waals surface area contributed by atoms with E-state index in [4.69, 9.17) is 24.2 Å². The number of aryl methyl sites for hydroxylation is 1. The summed E-state index contributed by atoms with van der Waals surface area (Å²) in [6, 6.07) is 21.1. The van der Waals surface area contributed by atoms with E-state index in [1.54, 1.807) is 31.3 Å². The molecule has 47 heavy (non-hydrogen) atoms. The molecule has 3 aromatic heterocycles. The van der Waals surface area contributed by atoms with Gasteiger partial charge in [-0.2, -0.15) is 5.26 Å². The van der Waals surface area contributed by atoms with Crippen molar-refractivity contribution in [2.45, 2.75) is 52.0 Å². The van der Waals surface area contributed by atoms with Crippen LogP contribution in [0.4, 0.5) is 11.5 Å². The molecule has 236 valence electrons. The van der Waals surface area contributed by atoms with Crippen molar-refractivity contribution in [3.8, 4) is 17.6 Å². The van der Waals surface area contributed by atoms with Crippen LogP contribution in [0.15, 0.2) is 66.9 Å². The second kappa shape index (κ2) is 12.7. The molecule has 2 aromatic carbocycles. The fourth-order valence-electron chi connectivity index (χ4n) is 6.07. The van der Waals surface area contributed by atoms with Crippen molar-refractivity contribution in [2.75, 3.05) is 24.4 Å². The predicted molar refractivity (Wildman–Crippen MR) is 178 cm³/mol. The first kappa shape index (κ1) is 30.1. The lowest BCUT2D eigenvalue weighted by molar-refractivity contribution is 0.0984. The van der Waals surface area contributed by atoms with E-state index in [9.17, 15) is 10.1 Å². The lowest BCUT2D eigenvalue weighted by atomic mass is 10.0. The van der Waals surface area contributed by atoms with Crippen molar-refractivity contribution in [1.29, 1.82) is 5.26 Å². The molecule has 4 heterocycles. The van der Waals surface area contributed by atoms with E-state index in [0.29, 0.717) is 37.8 Å². The molecule has 10 heteroatoms. The number of carbonyl (C=O) groups is 1. The minimum absolute atomic E-state index is 0.225. The van der Waals surface area contributed by atoms with Crippen LogP contribution in [-0.4, -0.2) is 35.1 Å². The minimum Gasteiger partial charge on any atom is -0.497 e. The van der Waals surface area contributed by atoms with Gasteiger partial charge in [0.05, 0.1) is 56.4 Å². The fourth-order valence-corrected chi connectivity index (χ4v) is 6.07. The lowest BCUT2D eigenvalue weighted by Crippen LogP contribution is -2.31. The molecule has 1 saturated carbocycles. The summed E-state index contributed by atoms with van der Waals surface area (Å²) in [5.74, 6) is 2.49. The van der Waals surface area contributed by atoms with Crippen LogP contribution in [0.5, 0.6) is 11.5 Å². The molecule has 10 nitrogen and oxygen atoms in total. The van der Waals surface area contributed by atoms with Crippen LogP contribution in [0.1, 0.15) is 68.5 Å². The second-order valence-electron chi connectivity index (χ2n) is 11.8. The van der Waals surface area contributed by atoms with Gasteiger partial charge in [-0.3, -0.25) is 9.78 Å². The van der Waals surface area contributed by atoms with Gasteiger partial charge in [0.25, 0.3) is 5.91 Å². The van der Waals surface area contributed by atoms with Crippen LogP contribution in [0.3, 0.4) is 0 Å². The third kappa shape index (κ3) is 6.05. The molecule has 5 aromatic rings. The van der Waals surface area contributed by atoms with Gasteiger partial charge < -0.3 is 24.4 Å². The lowest BCUT2D eigenvalue weighted by Gasteiger charge is -2.25. The van der Waals surface area contributed by atoms with Crippen molar-refractivity contribution >= 4 is 28.3 Å². The van der Waals surface area contributed by atoms with E-state index in [1.807, 2.05) is 55.5 Å². The van der Waals surface area contributed by atoms with E-state index < -0.39 is 0 Å². The van der Waals surface area contributed by atoms with E-state index in [1.165, 1.54) is 6.20 Å². The topological polar surface area (TPSA) is 122 Å². The Morgan fingerprint density at radius 2 is 1.87 bits per heavy atom. The van der Waals surface area contributed by atoms with E-state index in [0.717, 1.165) is 80.4 Å². The first-order valence-electron chi connectivity index (χ1n) is 15.6. The normalized spacial score (nSPS) is 13.6. The summed E-state index contributed by atoms with van der Waals surface area (Å²) in [5, 5.41) is 13.8. The third-order valence-electron chi connectivity index (χ3n) is 8.78. The number of aromatic nitrogens is 3. The van der Waals surface area contributed by atoms with Crippen LogP contribution in [-0.2, 0) is 31.0 Å². The van der Waals surface area contributed by atoms with Crippen LogP contribution >= 0.6 is 0 Å². The van der Waals surface area contributed by atoms with Crippen molar-refractivity contribution in [3.05, 3.63) is 112 Å². The molecule has 1 aliphatic heterocycles. The molecule has 1 fully saturated rings. The van der Waals surface area contributed by atoms with E-state index in [-0.39, 0.29) is 11.6 Å². The highest BCUT2D eigenvalue weighted by Gasteiger charge is 2.28. The van der Waals surface area contributed by atoms with Crippen LogP contribution < -0.4 is 19.7 Å². The van der Waals surface area contributed by atoms with Crippen molar-refractivity contribution in [2.24, 2.45) is 0 Å². The smallest absolute Gasteiger partial charge is 0.260 e. The quantitative estimate of drug-likeness (QED) is 0.183. The first-order valence-corrected chi connectivity index (χ1v) is 15.6. The van der Waals surface area contributed by atoms with Gasteiger partial charge in [-0.05, 0) is 73.4 Å². The van der Waals surface area contributed by atoms with Gasteiger partial charge in [0.15, 0.2) is 0 Å². The fraction of sp³-hybridized carbons (Fsp3) is 0.270. The summed E-state index contributed by atoms with van der Waals surface area (Å²) in [6.07, 6.45) is 3.75. The van der Waals surface area contributed by atoms with Gasteiger partial charge in [0.2, 0.25) is 0 Å². The Hall–Kier alpha value is -5.53. The number of anilines is 2. The summed E-state index contributed by atoms with van der Waals surface area (Å²) in [4.78, 5) is 29.8. The summed E-state index contributed by atoms with van der Waals surface area (Å²) in [7, 11) is 3.27. The van der Waals surface area contributed by atoms with E-state index in [2.05, 4.69) is 16.4 Å². The molecule has 0 bridgehead atoms. The highest BCUT2D eigenvalue weighted by molar-refractivity contribution is 6.06. The molecule has 0 atom stereocenters. The minimum atomic E-state index is -0.225. The second-order valence-corrected chi connectivity index (χ2v) is 11.8. The van der Waals surface area contributed by atoms with Gasteiger partial charge in [-0.25, -0.2) is 9.97 Å². The number of hydrogen-bond donors (Lipinski definition) is 1. The predicted octanol–water partition coefficient (Wildman–Crippen LogP) is 6.59. The van der Waals surface area contributed by atoms with Gasteiger partial charge in [0, 0.05) is 46.9 Å². The van der Waals surface area contributed by atoms with Gasteiger partial charge in [0.1, 0.15) is 29.1 Å². The molecule has 1 aliphatic carbocycles. The molecule has 0 spiro atoms. The van der Waals surface area contributed by atoms with Crippen molar-refractivity contribution < 1.29 is 19.0 Å². The Labute approximate surface area is 273 Å². The number of pyridine rings is 3. The third-order valence-corrected chi connectivity index (χ3v) is 8.78. The average molecular weight is 627 g/mol. The zero-order valence-electron chi connectivity index (χ0n) is 26.5.